The number of amides is 4. The van der Waals surface area contributed by atoms with Gasteiger partial charge in [-0.25, -0.2) is 28.3 Å². The van der Waals surface area contributed by atoms with Crippen LogP contribution in [0.2, 0.25) is 0 Å². The molecule has 0 spiro atoms. The molecule has 3 aromatic carbocycles. The predicted octanol–water partition coefficient (Wildman–Crippen LogP) is 6.59. The van der Waals surface area contributed by atoms with Crippen LogP contribution in [-0.2, 0) is 19.1 Å². The van der Waals surface area contributed by atoms with Gasteiger partial charge in [0.25, 0.3) is 5.92 Å². The molecule has 2 aliphatic rings. The van der Waals surface area contributed by atoms with E-state index in [1.807, 2.05) is 56.3 Å². The number of alkyl carbamates (subject to hydrolysis) is 2. The molecule has 2 fully saturated rings. The van der Waals surface area contributed by atoms with Crippen LogP contribution in [0.15, 0.2) is 48.5 Å². The van der Waals surface area contributed by atoms with Gasteiger partial charge in [0, 0.05) is 18.4 Å². The molecule has 0 radical (unpaired) electrons. The van der Waals surface area contributed by atoms with Gasteiger partial charge in [-0.05, 0) is 65.5 Å². The average molecular weight is 773 g/mol. The molecule has 7 rings (SSSR count). The van der Waals surface area contributed by atoms with Gasteiger partial charge < -0.3 is 39.9 Å². The number of alkyl halides is 2. The highest BCUT2D eigenvalue weighted by molar-refractivity contribution is 6.05. The summed E-state index contributed by atoms with van der Waals surface area (Å²) in [4.78, 5) is 70.4. The molecule has 16 heteroatoms. The zero-order valence-corrected chi connectivity index (χ0v) is 32.1. The molecule has 2 saturated heterocycles. The molecule has 4 N–H and O–H groups in total. The lowest BCUT2D eigenvalue weighted by Crippen LogP contribution is -2.51. The third kappa shape index (κ3) is 7.31. The van der Waals surface area contributed by atoms with E-state index in [0.29, 0.717) is 23.4 Å². The molecular weight excluding hydrogens is 726 g/mol. The quantitative estimate of drug-likeness (QED) is 0.130. The van der Waals surface area contributed by atoms with E-state index in [9.17, 15) is 28.0 Å². The number of halogens is 2. The van der Waals surface area contributed by atoms with Crippen LogP contribution in [0.25, 0.3) is 44.0 Å². The minimum Gasteiger partial charge on any atom is -0.453 e. The molecular formula is C40H46F2N8O6. The Kier molecular flexibility index (Phi) is 10.3. The van der Waals surface area contributed by atoms with E-state index >= 15 is 0 Å². The number of imidazole rings is 2. The number of methoxy groups -OCH3 is 2. The second-order valence-electron chi connectivity index (χ2n) is 15.3. The van der Waals surface area contributed by atoms with Crippen LogP contribution in [0, 0.1) is 11.8 Å². The lowest BCUT2D eigenvalue weighted by atomic mass is 10.0. The molecule has 0 saturated carbocycles. The highest BCUT2D eigenvalue weighted by atomic mass is 19.3. The van der Waals surface area contributed by atoms with Crippen molar-refractivity contribution < 1.29 is 37.4 Å². The molecule has 14 nitrogen and oxygen atoms in total. The lowest BCUT2D eigenvalue weighted by molar-refractivity contribution is -0.137. The SMILES string of the molecule is COC(=O)N[C@H](C(=O)N1CC(F)(F)C[C@H]1c1nc2ccc(-c3ccc4c(ccc5[nH]c([C@@H]6CCCN6C(=O)[C@@H](NC(=O)OC)C(C)C)nc54)c3)cc2[nH]1)C(C)C. The van der Waals surface area contributed by atoms with E-state index in [4.69, 9.17) is 9.72 Å². The highest BCUT2D eigenvalue weighted by Crippen LogP contribution is 2.42. The number of aromatic nitrogens is 4. The van der Waals surface area contributed by atoms with Crippen LogP contribution in [0.4, 0.5) is 18.4 Å². The van der Waals surface area contributed by atoms with Crippen molar-refractivity contribution in [2.75, 3.05) is 27.3 Å². The van der Waals surface area contributed by atoms with Crippen LogP contribution in [0.5, 0.6) is 0 Å². The van der Waals surface area contributed by atoms with Gasteiger partial charge in [-0.1, -0.05) is 52.0 Å². The minimum absolute atomic E-state index is 0.144. The fourth-order valence-electron chi connectivity index (χ4n) is 7.89. The third-order valence-electron chi connectivity index (χ3n) is 10.8. The summed E-state index contributed by atoms with van der Waals surface area (Å²) in [6, 6.07) is 12.6. The number of nitrogens with zero attached hydrogens (tertiary/aromatic N) is 4. The summed E-state index contributed by atoms with van der Waals surface area (Å²) in [7, 11) is 2.44. The van der Waals surface area contributed by atoms with Gasteiger partial charge in [-0.15, -0.1) is 0 Å². The molecule has 2 aliphatic heterocycles. The zero-order chi connectivity index (χ0) is 40.1. The van der Waals surface area contributed by atoms with Gasteiger partial charge in [0.05, 0.1) is 54.9 Å². The third-order valence-corrected chi connectivity index (χ3v) is 10.8. The number of carbonyl (C=O) groups excluding carboxylic acids is 4. The lowest BCUT2D eigenvalue weighted by Gasteiger charge is -2.29. The maximum absolute atomic E-state index is 14.9. The highest BCUT2D eigenvalue weighted by Gasteiger charge is 2.50. The zero-order valence-electron chi connectivity index (χ0n) is 32.1. The molecule has 0 bridgehead atoms. The number of H-pyrrole nitrogens is 2. The topological polar surface area (TPSA) is 175 Å². The summed E-state index contributed by atoms with van der Waals surface area (Å²) in [5, 5.41) is 7.05. The second-order valence-corrected chi connectivity index (χ2v) is 15.3. The number of likely N-dealkylation sites (tertiary alicyclic amines) is 2. The molecule has 0 unspecified atom stereocenters. The Labute approximate surface area is 321 Å². The summed E-state index contributed by atoms with van der Waals surface area (Å²) in [5.41, 5.74) is 4.58. The molecule has 4 atom stereocenters. The Hall–Kier alpha value is -5.80. The Morgan fingerprint density at radius 1 is 0.786 bits per heavy atom. The van der Waals surface area contributed by atoms with Crippen LogP contribution in [0.1, 0.15) is 70.7 Å². The Morgan fingerprint density at radius 2 is 1.39 bits per heavy atom. The molecule has 0 aliphatic carbocycles. The van der Waals surface area contributed by atoms with E-state index in [1.165, 1.54) is 14.2 Å². The molecule has 2 aromatic heterocycles. The number of carbonyl (C=O) groups is 4. The van der Waals surface area contributed by atoms with E-state index in [1.54, 1.807) is 18.7 Å². The number of rotatable bonds is 9. The summed E-state index contributed by atoms with van der Waals surface area (Å²) in [6.07, 6.45) is -0.543. The summed E-state index contributed by atoms with van der Waals surface area (Å²) < 4.78 is 39.2. The number of aromatic amines is 2. The van der Waals surface area contributed by atoms with Crippen molar-refractivity contribution in [2.45, 2.75) is 77.0 Å². The first kappa shape index (κ1) is 38.5. The smallest absolute Gasteiger partial charge is 0.407 e. The number of hydrogen-bond acceptors (Lipinski definition) is 8. The molecule has 56 heavy (non-hydrogen) atoms. The second kappa shape index (κ2) is 15.0. The van der Waals surface area contributed by atoms with Gasteiger partial charge in [-0.2, -0.15) is 0 Å². The monoisotopic (exact) mass is 772 g/mol. The largest absolute Gasteiger partial charge is 0.453 e. The Morgan fingerprint density at radius 3 is 2.05 bits per heavy atom. The molecule has 5 aromatic rings. The van der Waals surface area contributed by atoms with Gasteiger partial charge in [-0.3, -0.25) is 9.59 Å². The standard InChI is InChI=1S/C40H46F2N8O6/c1-20(2)31(47-38(53)55-5)36(51)49-15-7-8-29(49)34-44-27-14-11-24-16-22(9-12-25(24)33(27)46-34)23-10-13-26-28(17-23)45-35(43-26)30-18-40(41,42)19-50(30)37(52)32(21(3)4)48-39(54)56-6/h9-14,16-17,20-21,29-32H,7-8,15,18-19H2,1-6H3,(H,43,45)(H,44,46)(H,47,53)(H,48,54)/t29-,30-,31-,32-/m0/s1. The Bertz CT molecular complexity index is 2320. The average Bonchev–Trinajstić information content (AvgIpc) is 3.98. The van der Waals surface area contributed by atoms with Crippen LogP contribution >= 0.6 is 0 Å². The first-order chi connectivity index (χ1) is 26.7. The fourth-order valence-corrected chi connectivity index (χ4v) is 7.89. The molecule has 4 amide bonds. The normalized spacial score (nSPS) is 19.2. The number of ether oxygens (including phenoxy) is 2. The predicted molar refractivity (Wildman–Crippen MR) is 205 cm³/mol. The summed E-state index contributed by atoms with van der Waals surface area (Å²) in [5.74, 6) is -3.55. The van der Waals surface area contributed by atoms with Gasteiger partial charge in [0.15, 0.2) is 0 Å². The van der Waals surface area contributed by atoms with Crippen LogP contribution in [0.3, 0.4) is 0 Å². The minimum atomic E-state index is -3.14. The van der Waals surface area contributed by atoms with Gasteiger partial charge in [0.1, 0.15) is 23.7 Å². The van der Waals surface area contributed by atoms with Gasteiger partial charge >= 0.3 is 12.2 Å². The Balaban J connectivity index is 1.15. The first-order valence-corrected chi connectivity index (χ1v) is 18.8. The van der Waals surface area contributed by atoms with Crippen molar-refractivity contribution in [3.8, 4) is 11.1 Å². The number of hydrogen-bond donors (Lipinski definition) is 4. The first-order valence-electron chi connectivity index (χ1n) is 18.8. The molecule has 4 heterocycles. The van der Waals surface area contributed by atoms with E-state index in [0.717, 1.165) is 50.7 Å². The molecule has 296 valence electrons. The number of fused-ring (bicyclic) bond motifs is 4. The van der Waals surface area contributed by atoms with Gasteiger partial charge in [0.2, 0.25) is 11.8 Å². The maximum Gasteiger partial charge on any atom is 0.407 e. The van der Waals surface area contributed by atoms with Crippen molar-refractivity contribution in [1.29, 1.82) is 0 Å². The van der Waals surface area contributed by atoms with Crippen molar-refractivity contribution >= 4 is 56.8 Å². The van der Waals surface area contributed by atoms with E-state index in [2.05, 4.69) is 36.4 Å². The van der Waals surface area contributed by atoms with E-state index in [-0.39, 0.29) is 29.6 Å². The summed E-state index contributed by atoms with van der Waals surface area (Å²) in [6.45, 7) is 6.95. The summed E-state index contributed by atoms with van der Waals surface area (Å²) >= 11 is 0. The van der Waals surface area contributed by atoms with Crippen LogP contribution < -0.4 is 10.6 Å². The number of nitrogens with one attached hydrogen (secondary N) is 4. The van der Waals surface area contributed by atoms with E-state index < -0.39 is 55.1 Å². The van der Waals surface area contributed by atoms with Crippen molar-refractivity contribution in [1.82, 2.24) is 40.4 Å². The van der Waals surface area contributed by atoms with Crippen LogP contribution in [-0.4, -0.2) is 99.1 Å². The fraction of sp³-hybridized carbons (Fsp3) is 0.450. The van der Waals surface area contributed by atoms with Crippen molar-refractivity contribution in [3.05, 3.63) is 60.2 Å². The van der Waals surface area contributed by atoms with Crippen molar-refractivity contribution in [3.63, 3.8) is 0 Å². The maximum atomic E-state index is 14.9. The van der Waals surface area contributed by atoms with Crippen molar-refractivity contribution in [2.24, 2.45) is 11.8 Å². The number of benzene rings is 3.